The van der Waals surface area contributed by atoms with E-state index in [0.29, 0.717) is 17.0 Å². The molecule has 0 saturated carbocycles. The van der Waals surface area contributed by atoms with Crippen molar-refractivity contribution in [2.45, 2.75) is 13.1 Å². The van der Waals surface area contributed by atoms with Gasteiger partial charge in [0.25, 0.3) is 0 Å². The second-order valence-corrected chi connectivity index (χ2v) is 4.10. The summed E-state index contributed by atoms with van der Waals surface area (Å²) in [6.45, 7) is 1.70. The van der Waals surface area contributed by atoms with Crippen molar-refractivity contribution in [1.29, 1.82) is 0 Å². The fourth-order valence-electron chi connectivity index (χ4n) is 1.82. The summed E-state index contributed by atoms with van der Waals surface area (Å²) in [6, 6.07) is 1.59. The van der Waals surface area contributed by atoms with Crippen LogP contribution in [-0.2, 0) is 13.2 Å². The molecule has 2 aromatic rings. The third-order valence-corrected chi connectivity index (χ3v) is 2.68. The number of alkyl halides is 3. The van der Waals surface area contributed by atoms with E-state index in [-0.39, 0.29) is 5.56 Å². The second-order valence-electron chi connectivity index (χ2n) is 4.10. The lowest BCUT2D eigenvalue weighted by molar-refractivity contribution is -0.140. The molecule has 0 aliphatic carbocycles. The number of ether oxygens (including phenoxy) is 1. The highest BCUT2D eigenvalue weighted by Crippen LogP contribution is 2.37. The highest BCUT2D eigenvalue weighted by atomic mass is 19.4. The zero-order valence-corrected chi connectivity index (χ0v) is 10.6. The Hall–Kier alpha value is -2.05. The van der Waals surface area contributed by atoms with Gasteiger partial charge in [0, 0.05) is 36.6 Å². The Balaban J connectivity index is 2.59. The van der Waals surface area contributed by atoms with E-state index >= 15 is 0 Å². The van der Waals surface area contributed by atoms with Crippen LogP contribution in [0.3, 0.4) is 0 Å². The van der Waals surface area contributed by atoms with E-state index in [4.69, 9.17) is 4.74 Å². The van der Waals surface area contributed by atoms with Crippen LogP contribution in [0.4, 0.5) is 13.2 Å². The molecule has 0 bridgehead atoms. The van der Waals surface area contributed by atoms with Crippen molar-refractivity contribution in [2.75, 3.05) is 7.11 Å². The van der Waals surface area contributed by atoms with Gasteiger partial charge in [-0.3, -0.25) is 4.68 Å². The minimum Gasteiger partial charge on any atom is -0.481 e. The van der Waals surface area contributed by atoms with Crippen LogP contribution in [0, 0.1) is 6.92 Å². The molecule has 2 aromatic heterocycles. The zero-order valence-electron chi connectivity index (χ0n) is 10.6. The van der Waals surface area contributed by atoms with Gasteiger partial charge in [0.1, 0.15) is 0 Å². The molecule has 2 rings (SSSR count). The average molecular weight is 271 g/mol. The van der Waals surface area contributed by atoms with E-state index < -0.39 is 11.9 Å². The number of rotatable bonds is 2. The highest BCUT2D eigenvalue weighted by molar-refractivity contribution is 5.69. The van der Waals surface area contributed by atoms with Crippen LogP contribution < -0.4 is 4.74 Å². The molecular weight excluding hydrogens is 259 g/mol. The van der Waals surface area contributed by atoms with Crippen LogP contribution in [0.15, 0.2) is 18.5 Å². The van der Waals surface area contributed by atoms with Crippen LogP contribution in [0.5, 0.6) is 5.88 Å². The minimum atomic E-state index is -4.50. The zero-order chi connectivity index (χ0) is 14.2. The van der Waals surface area contributed by atoms with E-state index in [1.165, 1.54) is 26.6 Å². The Morgan fingerprint density at radius 1 is 1.26 bits per heavy atom. The number of aryl methyl sites for hydroxylation is 2. The smallest absolute Gasteiger partial charge is 0.435 e. The lowest BCUT2D eigenvalue weighted by Gasteiger charge is -2.09. The van der Waals surface area contributed by atoms with E-state index in [9.17, 15) is 13.2 Å². The van der Waals surface area contributed by atoms with E-state index in [0.717, 1.165) is 4.68 Å². The number of aromatic nitrogens is 3. The molecule has 0 aliphatic rings. The van der Waals surface area contributed by atoms with E-state index in [2.05, 4.69) is 10.1 Å². The van der Waals surface area contributed by atoms with Crippen LogP contribution in [0.2, 0.25) is 0 Å². The van der Waals surface area contributed by atoms with Crippen molar-refractivity contribution in [3.05, 3.63) is 29.7 Å². The molecule has 4 nitrogen and oxygen atoms in total. The Labute approximate surface area is 107 Å². The van der Waals surface area contributed by atoms with Crippen molar-refractivity contribution < 1.29 is 17.9 Å². The molecule has 0 amide bonds. The molecule has 102 valence electrons. The number of hydrogen-bond donors (Lipinski definition) is 0. The molecule has 0 N–H and O–H groups in total. The van der Waals surface area contributed by atoms with Gasteiger partial charge in [-0.25, -0.2) is 4.98 Å². The standard InChI is InChI=1S/C12H12F3N3O/c1-7-4-10(19-3)16-5-8(7)9-6-18(2)17-11(9)12(13,14)15/h4-6H,1-3H3. The first-order valence-corrected chi connectivity index (χ1v) is 5.44. The monoisotopic (exact) mass is 271 g/mol. The molecule has 0 spiro atoms. The van der Waals surface area contributed by atoms with Crippen molar-refractivity contribution in [3.8, 4) is 17.0 Å². The van der Waals surface area contributed by atoms with Gasteiger partial charge in [-0.1, -0.05) is 0 Å². The van der Waals surface area contributed by atoms with Crippen molar-refractivity contribution in [3.63, 3.8) is 0 Å². The maximum atomic E-state index is 12.9. The predicted octanol–water partition coefficient (Wildman–Crippen LogP) is 2.82. The highest BCUT2D eigenvalue weighted by Gasteiger charge is 2.37. The topological polar surface area (TPSA) is 39.9 Å². The molecule has 0 unspecified atom stereocenters. The fraction of sp³-hybridized carbons (Fsp3) is 0.333. The molecule has 2 heterocycles. The maximum Gasteiger partial charge on any atom is 0.435 e. The molecule has 19 heavy (non-hydrogen) atoms. The molecule has 0 aromatic carbocycles. The van der Waals surface area contributed by atoms with Crippen LogP contribution in [-0.4, -0.2) is 21.9 Å². The lowest BCUT2D eigenvalue weighted by Crippen LogP contribution is -2.08. The summed E-state index contributed by atoms with van der Waals surface area (Å²) >= 11 is 0. The van der Waals surface area contributed by atoms with Gasteiger partial charge >= 0.3 is 6.18 Å². The summed E-state index contributed by atoms with van der Waals surface area (Å²) in [4.78, 5) is 3.94. The summed E-state index contributed by atoms with van der Waals surface area (Å²) in [5.41, 5.74) is 0.138. The molecule has 0 aliphatic heterocycles. The first kappa shape index (κ1) is 13.4. The average Bonchev–Trinajstić information content (AvgIpc) is 2.70. The summed E-state index contributed by atoms with van der Waals surface area (Å²) in [6.07, 6.45) is -1.80. The predicted molar refractivity (Wildman–Crippen MR) is 62.7 cm³/mol. The first-order chi connectivity index (χ1) is 8.82. The van der Waals surface area contributed by atoms with E-state index in [1.807, 2.05) is 0 Å². The molecular formula is C12H12F3N3O. The Bertz CT molecular complexity index is 605. The van der Waals surface area contributed by atoms with Crippen molar-refractivity contribution >= 4 is 0 Å². The van der Waals surface area contributed by atoms with Gasteiger partial charge in [0.05, 0.1) is 7.11 Å². The van der Waals surface area contributed by atoms with E-state index in [1.54, 1.807) is 13.0 Å². The number of methoxy groups -OCH3 is 1. The van der Waals surface area contributed by atoms with Crippen LogP contribution >= 0.6 is 0 Å². The molecule has 0 saturated heterocycles. The largest absolute Gasteiger partial charge is 0.481 e. The SMILES string of the molecule is COc1cc(C)c(-c2cn(C)nc2C(F)(F)F)cn1. The lowest BCUT2D eigenvalue weighted by atomic mass is 10.0. The van der Waals surface area contributed by atoms with Gasteiger partial charge in [0.2, 0.25) is 5.88 Å². The molecule has 7 heteroatoms. The fourth-order valence-corrected chi connectivity index (χ4v) is 1.82. The Morgan fingerprint density at radius 3 is 2.47 bits per heavy atom. The van der Waals surface area contributed by atoms with Crippen molar-refractivity contribution in [1.82, 2.24) is 14.8 Å². The summed E-state index contributed by atoms with van der Waals surface area (Å²) in [5, 5.41) is 3.47. The van der Waals surface area contributed by atoms with Gasteiger partial charge in [0.15, 0.2) is 5.69 Å². The third kappa shape index (κ3) is 2.54. The minimum absolute atomic E-state index is 0.0163. The Morgan fingerprint density at radius 2 is 1.95 bits per heavy atom. The number of pyridine rings is 1. The molecule has 0 radical (unpaired) electrons. The van der Waals surface area contributed by atoms with Gasteiger partial charge in [-0.15, -0.1) is 0 Å². The van der Waals surface area contributed by atoms with Crippen molar-refractivity contribution in [2.24, 2.45) is 7.05 Å². The third-order valence-electron chi connectivity index (χ3n) is 2.68. The van der Waals surface area contributed by atoms with Gasteiger partial charge < -0.3 is 4.74 Å². The number of nitrogens with zero attached hydrogens (tertiary/aromatic N) is 3. The second kappa shape index (κ2) is 4.56. The molecule has 0 atom stereocenters. The first-order valence-electron chi connectivity index (χ1n) is 5.44. The Kier molecular flexibility index (Phi) is 3.21. The summed E-state index contributed by atoms with van der Waals surface area (Å²) < 4.78 is 44.8. The molecule has 0 fully saturated rings. The quantitative estimate of drug-likeness (QED) is 0.843. The number of halogens is 3. The van der Waals surface area contributed by atoms with Crippen LogP contribution in [0.25, 0.3) is 11.1 Å². The van der Waals surface area contributed by atoms with Crippen LogP contribution in [0.1, 0.15) is 11.3 Å². The maximum absolute atomic E-state index is 12.9. The summed E-state index contributed by atoms with van der Waals surface area (Å²) in [7, 11) is 2.90. The normalized spacial score (nSPS) is 11.7. The van der Waals surface area contributed by atoms with Gasteiger partial charge in [-0.05, 0) is 12.5 Å². The van der Waals surface area contributed by atoms with Gasteiger partial charge in [-0.2, -0.15) is 18.3 Å². The summed E-state index contributed by atoms with van der Waals surface area (Å²) in [5.74, 6) is 0.360. The number of hydrogen-bond acceptors (Lipinski definition) is 3.